The van der Waals surface area contributed by atoms with Crippen molar-refractivity contribution in [2.24, 2.45) is 0 Å². The number of methoxy groups -OCH3 is 1. The third-order valence-corrected chi connectivity index (χ3v) is 4.32. The molecule has 0 aliphatic rings. The van der Waals surface area contributed by atoms with E-state index in [-0.39, 0.29) is 11.7 Å². The van der Waals surface area contributed by atoms with Crippen LogP contribution in [-0.4, -0.2) is 35.3 Å². The molecule has 0 atom stereocenters. The molecule has 0 fully saturated rings. The topological polar surface area (TPSA) is 93.2 Å². The highest BCUT2D eigenvalue weighted by atomic mass is 16.5. The van der Waals surface area contributed by atoms with Gasteiger partial charge in [0, 0.05) is 30.2 Å². The zero-order valence-corrected chi connectivity index (χ0v) is 16.3. The van der Waals surface area contributed by atoms with Crippen LogP contribution in [0.2, 0.25) is 0 Å². The van der Waals surface area contributed by atoms with E-state index < -0.39 is 0 Å². The maximum atomic E-state index is 12.3. The smallest absolute Gasteiger partial charge is 0.258 e. The molecule has 1 heterocycles. The summed E-state index contributed by atoms with van der Waals surface area (Å²) in [6.07, 6.45) is 3.76. The van der Waals surface area contributed by atoms with Crippen molar-refractivity contribution in [2.45, 2.75) is 13.3 Å². The molecule has 1 aromatic heterocycles. The zero-order valence-electron chi connectivity index (χ0n) is 16.3. The lowest BCUT2D eigenvalue weighted by Crippen LogP contribution is -2.14. The fourth-order valence-corrected chi connectivity index (χ4v) is 2.64. The fourth-order valence-electron chi connectivity index (χ4n) is 2.64. The Morgan fingerprint density at radius 1 is 0.931 bits per heavy atom. The maximum absolute atomic E-state index is 12.3. The molecule has 0 saturated heterocycles. The van der Waals surface area contributed by atoms with Gasteiger partial charge in [-0.3, -0.25) is 9.59 Å². The highest BCUT2D eigenvalue weighted by molar-refractivity contribution is 6.04. The van der Waals surface area contributed by atoms with Crippen LogP contribution >= 0.6 is 0 Å². The number of Topliss-reactive ketones (excluding diaryl/α,β-unsaturated/α-hetero) is 1. The molecule has 7 nitrogen and oxygen atoms in total. The summed E-state index contributed by atoms with van der Waals surface area (Å²) >= 11 is 0. The number of anilines is 2. The number of amides is 1. The number of hydrogen-bond donors (Lipinski definition) is 2. The predicted octanol–water partition coefficient (Wildman–Crippen LogP) is 3.59. The zero-order chi connectivity index (χ0) is 20.6. The van der Waals surface area contributed by atoms with E-state index in [1.807, 2.05) is 24.3 Å². The summed E-state index contributed by atoms with van der Waals surface area (Å²) in [6.45, 7) is 2.16. The lowest BCUT2D eigenvalue weighted by atomic mass is 10.1. The maximum Gasteiger partial charge on any atom is 0.258 e. The standard InChI is InChI=1S/C22H22N4O3/c1-15(27)17-5-7-19(8-6-17)26-21(28)18-13-24-22(25-14-18)23-12-11-16-3-9-20(29-2)10-4-16/h3-10,13-14H,11-12H2,1-2H3,(H,26,28)(H,23,24,25). The van der Waals surface area contributed by atoms with Crippen molar-refractivity contribution < 1.29 is 14.3 Å². The summed E-state index contributed by atoms with van der Waals surface area (Å²) in [5.41, 5.74) is 2.71. The number of rotatable bonds is 8. The van der Waals surface area contributed by atoms with E-state index in [9.17, 15) is 9.59 Å². The molecule has 0 radical (unpaired) electrons. The van der Waals surface area contributed by atoms with Gasteiger partial charge in [0.25, 0.3) is 5.91 Å². The number of aromatic nitrogens is 2. The molecule has 2 N–H and O–H groups in total. The van der Waals surface area contributed by atoms with Crippen LogP contribution in [0.1, 0.15) is 33.2 Å². The van der Waals surface area contributed by atoms with Crippen molar-refractivity contribution in [3.8, 4) is 5.75 Å². The number of benzene rings is 2. The number of ketones is 1. The van der Waals surface area contributed by atoms with Gasteiger partial charge in [0.15, 0.2) is 5.78 Å². The number of nitrogens with zero attached hydrogens (tertiary/aromatic N) is 2. The van der Waals surface area contributed by atoms with Gasteiger partial charge in [-0.2, -0.15) is 0 Å². The van der Waals surface area contributed by atoms with Crippen LogP contribution in [0.5, 0.6) is 5.75 Å². The summed E-state index contributed by atoms with van der Waals surface area (Å²) < 4.78 is 5.14. The molecule has 0 aliphatic heterocycles. The van der Waals surface area contributed by atoms with Gasteiger partial charge in [-0.05, 0) is 55.3 Å². The Morgan fingerprint density at radius 2 is 1.59 bits per heavy atom. The van der Waals surface area contributed by atoms with Gasteiger partial charge >= 0.3 is 0 Å². The number of carbonyl (C=O) groups is 2. The molecule has 0 saturated carbocycles. The van der Waals surface area contributed by atoms with Gasteiger partial charge in [0.1, 0.15) is 5.75 Å². The lowest BCUT2D eigenvalue weighted by Gasteiger charge is -2.08. The Bertz CT molecular complexity index is 968. The molecule has 0 bridgehead atoms. The predicted molar refractivity (Wildman–Crippen MR) is 112 cm³/mol. The molecule has 3 rings (SSSR count). The average molecular weight is 390 g/mol. The van der Waals surface area contributed by atoms with E-state index in [1.54, 1.807) is 31.4 Å². The first kappa shape index (κ1) is 20.0. The summed E-state index contributed by atoms with van der Waals surface area (Å²) in [4.78, 5) is 32.0. The third-order valence-electron chi connectivity index (χ3n) is 4.32. The summed E-state index contributed by atoms with van der Waals surface area (Å²) in [5.74, 6) is 0.950. The molecule has 3 aromatic rings. The van der Waals surface area contributed by atoms with Crippen LogP contribution in [0, 0.1) is 0 Å². The Balaban J connectivity index is 1.50. The van der Waals surface area contributed by atoms with Crippen LogP contribution in [0.4, 0.5) is 11.6 Å². The first-order valence-corrected chi connectivity index (χ1v) is 9.16. The lowest BCUT2D eigenvalue weighted by molar-refractivity contribution is 0.101. The van der Waals surface area contributed by atoms with Gasteiger partial charge in [-0.25, -0.2) is 9.97 Å². The highest BCUT2D eigenvalue weighted by Gasteiger charge is 2.08. The van der Waals surface area contributed by atoms with Crippen LogP contribution in [0.15, 0.2) is 60.9 Å². The largest absolute Gasteiger partial charge is 0.497 e. The van der Waals surface area contributed by atoms with Crippen LogP contribution in [-0.2, 0) is 6.42 Å². The van der Waals surface area contributed by atoms with Gasteiger partial charge in [0.2, 0.25) is 5.95 Å². The Kier molecular flexibility index (Phi) is 6.52. The number of carbonyl (C=O) groups excluding carboxylic acids is 2. The van der Waals surface area contributed by atoms with E-state index in [1.165, 1.54) is 24.9 Å². The highest BCUT2D eigenvalue weighted by Crippen LogP contribution is 2.13. The van der Waals surface area contributed by atoms with E-state index in [2.05, 4.69) is 20.6 Å². The molecule has 7 heteroatoms. The number of ether oxygens (including phenoxy) is 1. The molecule has 0 spiro atoms. The Labute approximate surface area is 169 Å². The number of hydrogen-bond acceptors (Lipinski definition) is 6. The molecule has 29 heavy (non-hydrogen) atoms. The van der Waals surface area contributed by atoms with E-state index in [0.717, 1.165) is 12.2 Å². The van der Waals surface area contributed by atoms with Crippen molar-refractivity contribution >= 4 is 23.3 Å². The SMILES string of the molecule is COc1ccc(CCNc2ncc(C(=O)Nc3ccc(C(C)=O)cc3)cn2)cc1. The average Bonchev–Trinajstić information content (AvgIpc) is 2.75. The van der Waals surface area contributed by atoms with E-state index in [4.69, 9.17) is 4.74 Å². The van der Waals surface area contributed by atoms with Gasteiger partial charge in [0.05, 0.1) is 12.7 Å². The van der Waals surface area contributed by atoms with Crippen LogP contribution in [0.25, 0.3) is 0 Å². The van der Waals surface area contributed by atoms with E-state index >= 15 is 0 Å². The Hall–Kier alpha value is -3.74. The van der Waals surface area contributed by atoms with Crippen molar-refractivity contribution in [3.63, 3.8) is 0 Å². The van der Waals surface area contributed by atoms with Crippen LogP contribution < -0.4 is 15.4 Å². The van der Waals surface area contributed by atoms with Crippen molar-refractivity contribution in [3.05, 3.63) is 77.6 Å². The van der Waals surface area contributed by atoms with Gasteiger partial charge in [-0.1, -0.05) is 12.1 Å². The minimum Gasteiger partial charge on any atom is -0.497 e. The summed E-state index contributed by atoms with van der Waals surface area (Å²) in [5, 5.41) is 5.89. The second-order valence-electron chi connectivity index (χ2n) is 6.41. The normalized spacial score (nSPS) is 10.3. The first-order chi connectivity index (χ1) is 14.0. The molecule has 1 amide bonds. The van der Waals surface area contributed by atoms with Crippen molar-refractivity contribution in [1.82, 2.24) is 9.97 Å². The second kappa shape index (κ2) is 9.45. The van der Waals surface area contributed by atoms with Crippen molar-refractivity contribution in [1.29, 1.82) is 0 Å². The van der Waals surface area contributed by atoms with Gasteiger partial charge < -0.3 is 15.4 Å². The van der Waals surface area contributed by atoms with Crippen molar-refractivity contribution in [2.75, 3.05) is 24.3 Å². The number of nitrogens with one attached hydrogen (secondary N) is 2. The first-order valence-electron chi connectivity index (χ1n) is 9.16. The summed E-state index contributed by atoms with van der Waals surface area (Å²) in [7, 11) is 1.64. The Morgan fingerprint density at radius 3 is 2.17 bits per heavy atom. The van der Waals surface area contributed by atoms with Crippen LogP contribution in [0.3, 0.4) is 0 Å². The molecule has 148 valence electrons. The minimum atomic E-state index is -0.314. The molecular formula is C22H22N4O3. The molecular weight excluding hydrogens is 368 g/mol. The molecule has 0 unspecified atom stereocenters. The summed E-state index contributed by atoms with van der Waals surface area (Å²) in [6, 6.07) is 14.6. The quantitative estimate of drug-likeness (QED) is 0.571. The minimum absolute atomic E-state index is 0.0219. The fraction of sp³-hybridized carbons (Fsp3) is 0.182. The van der Waals surface area contributed by atoms with Gasteiger partial charge in [-0.15, -0.1) is 0 Å². The molecule has 2 aromatic carbocycles. The molecule has 0 aliphatic carbocycles. The second-order valence-corrected chi connectivity index (χ2v) is 6.41. The van der Waals surface area contributed by atoms with E-state index in [0.29, 0.717) is 29.3 Å². The third kappa shape index (κ3) is 5.62. The monoisotopic (exact) mass is 390 g/mol.